The third kappa shape index (κ3) is 0.509. The molecule has 3 nitrogen and oxygen atoms in total. The molecule has 1 rings (SSSR count). The summed E-state index contributed by atoms with van der Waals surface area (Å²) in [7, 11) is 0. The molecule has 0 aromatic heterocycles. The maximum atomic E-state index is 10.7. The van der Waals surface area contributed by atoms with Crippen molar-refractivity contribution in [1.29, 1.82) is 0 Å². The van der Waals surface area contributed by atoms with E-state index < -0.39 is 17.6 Å². The smallest absolute Gasteiger partial charge is 0.176 e. The maximum absolute atomic E-state index is 10.7. The molecule has 9 heavy (non-hydrogen) atoms. The zero-order valence-electron chi connectivity index (χ0n) is 5.51. The lowest BCUT2D eigenvalue weighted by molar-refractivity contribution is -0.117. The molecule has 1 saturated carbocycles. The Morgan fingerprint density at radius 2 is 1.89 bits per heavy atom. The SMILES string of the molecule is CC1(C)C(=O)[C@]1(O)CO. The molecule has 1 fully saturated rings. The average molecular weight is 130 g/mol. The lowest BCUT2D eigenvalue weighted by Crippen LogP contribution is -2.21. The quantitative estimate of drug-likeness (QED) is 0.494. The van der Waals surface area contributed by atoms with Crippen LogP contribution < -0.4 is 0 Å². The van der Waals surface area contributed by atoms with Crippen molar-refractivity contribution in [3.63, 3.8) is 0 Å². The summed E-state index contributed by atoms with van der Waals surface area (Å²) < 4.78 is 0. The van der Waals surface area contributed by atoms with Crippen LogP contribution in [0.4, 0.5) is 0 Å². The largest absolute Gasteiger partial charge is 0.393 e. The summed E-state index contributed by atoms with van der Waals surface area (Å²) in [6.07, 6.45) is 0. The molecule has 0 unspecified atom stereocenters. The third-order valence-electron chi connectivity index (χ3n) is 2.14. The van der Waals surface area contributed by atoms with E-state index in [0.29, 0.717) is 0 Å². The number of hydrogen-bond donors (Lipinski definition) is 2. The first kappa shape index (κ1) is 6.71. The number of carbonyl (C=O) groups is 1. The predicted octanol–water partition coefficient (Wildman–Crippen LogP) is -0.681. The van der Waals surface area contributed by atoms with Crippen molar-refractivity contribution in [3.8, 4) is 0 Å². The van der Waals surface area contributed by atoms with Crippen LogP contribution in [0.5, 0.6) is 0 Å². The molecule has 0 aliphatic heterocycles. The minimum Gasteiger partial charge on any atom is -0.393 e. The molecular weight excluding hydrogens is 120 g/mol. The van der Waals surface area contributed by atoms with Gasteiger partial charge in [0.15, 0.2) is 11.4 Å². The first-order chi connectivity index (χ1) is 3.97. The fourth-order valence-electron chi connectivity index (χ4n) is 0.942. The normalized spacial score (nSPS) is 38.9. The van der Waals surface area contributed by atoms with Crippen LogP contribution in [0.2, 0.25) is 0 Å². The summed E-state index contributed by atoms with van der Waals surface area (Å²) in [6.45, 7) is 2.77. The van der Waals surface area contributed by atoms with Crippen molar-refractivity contribution < 1.29 is 15.0 Å². The molecule has 1 atom stereocenters. The Morgan fingerprint density at radius 1 is 1.56 bits per heavy atom. The number of aliphatic hydroxyl groups excluding tert-OH is 1. The van der Waals surface area contributed by atoms with Gasteiger partial charge in [0, 0.05) is 0 Å². The van der Waals surface area contributed by atoms with Crippen LogP contribution in [0.25, 0.3) is 0 Å². The first-order valence-corrected chi connectivity index (χ1v) is 2.85. The lowest BCUT2D eigenvalue weighted by atomic mass is 10.1. The van der Waals surface area contributed by atoms with E-state index in [1.54, 1.807) is 13.8 Å². The van der Waals surface area contributed by atoms with Crippen molar-refractivity contribution in [2.24, 2.45) is 5.41 Å². The fraction of sp³-hybridized carbons (Fsp3) is 0.833. The zero-order valence-corrected chi connectivity index (χ0v) is 5.51. The summed E-state index contributed by atoms with van der Waals surface area (Å²) in [4.78, 5) is 10.7. The fourth-order valence-corrected chi connectivity index (χ4v) is 0.942. The Balaban J connectivity index is 2.82. The molecule has 52 valence electrons. The number of Topliss-reactive ketones (excluding diaryl/α,β-unsaturated/α-hetero) is 1. The van der Waals surface area contributed by atoms with Gasteiger partial charge in [-0.3, -0.25) is 4.79 Å². The Hall–Kier alpha value is -0.410. The van der Waals surface area contributed by atoms with E-state index in [1.807, 2.05) is 0 Å². The van der Waals surface area contributed by atoms with Crippen LogP contribution in [-0.2, 0) is 4.79 Å². The van der Waals surface area contributed by atoms with E-state index in [-0.39, 0.29) is 5.78 Å². The van der Waals surface area contributed by atoms with E-state index in [9.17, 15) is 4.79 Å². The summed E-state index contributed by atoms with van der Waals surface area (Å²) in [5.41, 5.74) is -2.16. The molecule has 0 spiro atoms. The number of ketones is 1. The second kappa shape index (κ2) is 1.36. The van der Waals surface area contributed by atoms with Crippen LogP contribution in [-0.4, -0.2) is 28.2 Å². The molecule has 0 amide bonds. The summed E-state index contributed by atoms with van der Waals surface area (Å²) >= 11 is 0. The molecule has 0 heterocycles. The molecule has 3 heteroatoms. The second-order valence-corrected chi connectivity index (χ2v) is 2.97. The Morgan fingerprint density at radius 3 is 1.89 bits per heavy atom. The highest BCUT2D eigenvalue weighted by molar-refractivity contribution is 6.10. The van der Waals surface area contributed by atoms with Gasteiger partial charge in [0.1, 0.15) is 0 Å². The van der Waals surface area contributed by atoms with Crippen molar-refractivity contribution in [3.05, 3.63) is 0 Å². The van der Waals surface area contributed by atoms with Gasteiger partial charge in [-0.05, 0) is 13.8 Å². The van der Waals surface area contributed by atoms with Crippen molar-refractivity contribution in [1.82, 2.24) is 0 Å². The van der Waals surface area contributed by atoms with Gasteiger partial charge >= 0.3 is 0 Å². The van der Waals surface area contributed by atoms with E-state index in [1.165, 1.54) is 0 Å². The molecule has 0 saturated heterocycles. The van der Waals surface area contributed by atoms with Crippen LogP contribution >= 0.6 is 0 Å². The Kier molecular flexibility index (Phi) is 1.01. The molecular formula is C6H10O3. The lowest BCUT2D eigenvalue weighted by Gasteiger charge is -2.03. The molecule has 0 radical (unpaired) electrons. The first-order valence-electron chi connectivity index (χ1n) is 2.85. The average Bonchev–Trinajstić information content (AvgIpc) is 2.16. The van der Waals surface area contributed by atoms with E-state index in [4.69, 9.17) is 10.2 Å². The van der Waals surface area contributed by atoms with Crippen LogP contribution in [0, 0.1) is 5.41 Å². The summed E-state index contributed by atoms with van der Waals surface area (Å²) in [5.74, 6) is -0.266. The Labute approximate surface area is 53.3 Å². The minimum absolute atomic E-state index is 0.266. The van der Waals surface area contributed by atoms with Gasteiger partial charge in [-0.25, -0.2) is 0 Å². The van der Waals surface area contributed by atoms with Gasteiger partial charge in [0.05, 0.1) is 12.0 Å². The number of rotatable bonds is 1. The van der Waals surface area contributed by atoms with Crippen molar-refractivity contribution >= 4 is 5.78 Å². The molecule has 0 aromatic carbocycles. The molecule has 0 bridgehead atoms. The number of carbonyl (C=O) groups excluding carboxylic acids is 1. The van der Waals surface area contributed by atoms with E-state index >= 15 is 0 Å². The highest BCUT2D eigenvalue weighted by atomic mass is 16.4. The predicted molar refractivity (Wildman–Crippen MR) is 30.8 cm³/mol. The van der Waals surface area contributed by atoms with Crippen LogP contribution in [0.15, 0.2) is 0 Å². The van der Waals surface area contributed by atoms with E-state index in [2.05, 4.69) is 0 Å². The van der Waals surface area contributed by atoms with Gasteiger partial charge in [-0.15, -0.1) is 0 Å². The molecule has 0 aromatic rings. The Bertz CT molecular complexity index is 162. The van der Waals surface area contributed by atoms with Crippen LogP contribution in [0.1, 0.15) is 13.8 Å². The summed E-state index contributed by atoms with van der Waals surface area (Å²) in [5, 5.41) is 17.6. The van der Waals surface area contributed by atoms with Gasteiger partial charge in [0.2, 0.25) is 0 Å². The monoisotopic (exact) mass is 130 g/mol. The summed E-state index contributed by atoms with van der Waals surface area (Å²) in [6, 6.07) is 0. The van der Waals surface area contributed by atoms with Crippen molar-refractivity contribution in [2.45, 2.75) is 19.4 Å². The number of hydrogen-bond acceptors (Lipinski definition) is 3. The maximum Gasteiger partial charge on any atom is 0.176 e. The standard InChI is InChI=1S/C6H10O3/c1-5(2)4(8)6(5,9)3-7/h7,9H,3H2,1-2H3/t6-/m1/s1. The highest BCUT2D eigenvalue weighted by Crippen LogP contribution is 2.50. The van der Waals surface area contributed by atoms with Crippen molar-refractivity contribution in [2.75, 3.05) is 6.61 Å². The van der Waals surface area contributed by atoms with Gasteiger partial charge in [0.25, 0.3) is 0 Å². The van der Waals surface area contributed by atoms with Crippen LogP contribution in [0.3, 0.4) is 0 Å². The van der Waals surface area contributed by atoms with E-state index in [0.717, 1.165) is 0 Å². The molecule has 1 aliphatic carbocycles. The van der Waals surface area contributed by atoms with Gasteiger partial charge in [-0.2, -0.15) is 0 Å². The van der Waals surface area contributed by atoms with Gasteiger partial charge < -0.3 is 10.2 Å². The highest BCUT2D eigenvalue weighted by Gasteiger charge is 2.71. The molecule has 1 aliphatic rings. The molecule has 2 N–H and O–H groups in total. The third-order valence-corrected chi connectivity index (χ3v) is 2.14. The zero-order chi connectivity index (χ0) is 7.28. The topological polar surface area (TPSA) is 57.5 Å². The van der Waals surface area contributed by atoms with Gasteiger partial charge in [-0.1, -0.05) is 0 Å². The number of aliphatic hydroxyl groups is 2. The second-order valence-electron chi connectivity index (χ2n) is 2.97. The minimum atomic E-state index is -1.44.